The highest BCUT2D eigenvalue weighted by Gasteiger charge is 2.33. The van der Waals surface area contributed by atoms with Crippen LogP contribution in [0.4, 0.5) is 4.39 Å². The van der Waals surface area contributed by atoms with Crippen LogP contribution in [0.1, 0.15) is 25.8 Å². The predicted octanol–water partition coefficient (Wildman–Crippen LogP) is 3.32. The zero-order chi connectivity index (χ0) is 13.9. The molecule has 0 aromatic heterocycles. The van der Waals surface area contributed by atoms with Crippen LogP contribution in [0.15, 0.2) is 18.2 Å². The van der Waals surface area contributed by atoms with Crippen LogP contribution >= 0.6 is 11.6 Å². The second-order valence-electron chi connectivity index (χ2n) is 4.86. The van der Waals surface area contributed by atoms with Crippen LogP contribution in [0.25, 0.3) is 0 Å². The first kappa shape index (κ1) is 15.1. The van der Waals surface area contributed by atoms with Gasteiger partial charge in [0, 0.05) is 11.4 Å². The van der Waals surface area contributed by atoms with Crippen LogP contribution in [0, 0.1) is 5.82 Å². The molecule has 0 aliphatic heterocycles. The van der Waals surface area contributed by atoms with Gasteiger partial charge in [-0.15, -0.1) is 0 Å². The molecule has 2 nitrogen and oxygen atoms in total. The van der Waals surface area contributed by atoms with Gasteiger partial charge in [0.25, 0.3) is 0 Å². The van der Waals surface area contributed by atoms with E-state index in [1.807, 2.05) is 32.8 Å². The Kier molecular flexibility index (Phi) is 4.88. The topological polar surface area (TPSA) is 20.3 Å². The Bertz CT molecular complexity index is 447. The number of Topliss-reactive ketones (excluding diaryl/α,β-unsaturated/α-hetero) is 1. The van der Waals surface area contributed by atoms with Gasteiger partial charge < -0.3 is 0 Å². The minimum atomic E-state index is -0.516. The molecule has 0 amide bonds. The van der Waals surface area contributed by atoms with E-state index in [2.05, 4.69) is 0 Å². The summed E-state index contributed by atoms with van der Waals surface area (Å²) in [5.41, 5.74) is 0.155. The first-order valence-electron chi connectivity index (χ1n) is 5.96. The third-order valence-corrected chi connectivity index (χ3v) is 3.99. The van der Waals surface area contributed by atoms with Crippen molar-refractivity contribution >= 4 is 17.4 Å². The van der Waals surface area contributed by atoms with E-state index in [0.29, 0.717) is 10.6 Å². The summed E-state index contributed by atoms with van der Waals surface area (Å²) in [4.78, 5) is 14.3. The minimum Gasteiger partial charge on any atom is -0.297 e. The molecule has 0 bridgehead atoms. The molecule has 1 atom stereocenters. The fourth-order valence-corrected chi connectivity index (χ4v) is 2.03. The fraction of sp³-hybridized carbons (Fsp3) is 0.500. The number of carbonyl (C=O) groups excluding carboxylic acids is 1. The van der Waals surface area contributed by atoms with E-state index in [1.54, 1.807) is 6.07 Å². The van der Waals surface area contributed by atoms with Gasteiger partial charge in [0.05, 0.1) is 5.54 Å². The number of hydrogen-bond acceptors (Lipinski definition) is 2. The van der Waals surface area contributed by atoms with Crippen molar-refractivity contribution in [2.24, 2.45) is 0 Å². The lowest BCUT2D eigenvalue weighted by atomic mass is 9.88. The number of halogens is 2. The first-order valence-corrected chi connectivity index (χ1v) is 6.33. The van der Waals surface area contributed by atoms with E-state index < -0.39 is 5.54 Å². The van der Waals surface area contributed by atoms with Gasteiger partial charge in [-0.1, -0.05) is 24.6 Å². The van der Waals surface area contributed by atoms with Gasteiger partial charge in [0.2, 0.25) is 0 Å². The Hall–Kier alpha value is -0.930. The van der Waals surface area contributed by atoms with Crippen LogP contribution in [0.3, 0.4) is 0 Å². The Morgan fingerprint density at radius 1 is 1.44 bits per heavy atom. The summed E-state index contributed by atoms with van der Waals surface area (Å²) < 4.78 is 12.9. The molecule has 0 radical (unpaired) electrons. The summed E-state index contributed by atoms with van der Waals surface area (Å²) in [6, 6.07) is 4.14. The summed E-state index contributed by atoms with van der Waals surface area (Å²) in [5.74, 6) is -0.300. The standard InChI is InChI=1S/C14H19ClFNO/c1-5-14(2,17(3)4)13(18)8-10-6-7-11(16)9-12(10)15/h6-7,9H,5,8H2,1-4H3. The highest BCUT2D eigenvalue weighted by Crippen LogP contribution is 2.23. The van der Waals surface area contributed by atoms with Gasteiger partial charge in [0.15, 0.2) is 5.78 Å². The first-order chi connectivity index (χ1) is 8.31. The molecule has 1 rings (SSSR count). The quantitative estimate of drug-likeness (QED) is 0.819. The molecule has 0 saturated heterocycles. The largest absolute Gasteiger partial charge is 0.297 e. The van der Waals surface area contributed by atoms with E-state index in [-0.39, 0.29) is 18.0 Å². The molecule has 1 unspecified atom stereocenters. The number of likely N-dealkylation sites (N-methyl/N-ethyl adjacent to an activating group) is 1. The molecule has 0 aliphatic rings. The van der Waals surface area contributed by atoms with Crippen molar-refractivity contribution in [1.29, 1.82) is 0 Å². The van der Waals surface area contributed by atoms with Crippen LogP contribution in [0.5, 0.6) is 0 Å². The van der Waals surface area contributed by atoms with Gasteiger partial charge >= 0.3 is 0 Å². The van der Waals surface area contributed by atoms with E-state index in [9.17, 15) is 9.18 Å². The lowest BCUT2D eigenvalue weighted by Crippen LogP contribution is -2.48. The molecule has 0 N–H and O–H groups in total. The fourth-order valence-electron chi connectivity index (χ4n) is 1.79. The van der Waals surface area contributed by atoms with Gasteiger partial charge in [-0.25, -0.2) is 4.39 Å². The molecule has 0 fully saturated rings. The van der Waals surface area contributed by atoms with Crippen molar-refractivity contribution in [3.8, 4) is 0 Å². The normalized spacial score (nSPS) is 14.6. The third kappa shape index (κ3) is 3.09. The SMILES string of the molecule is CCC(C)(C(=O)Cc1ccc(F)cc1Cl)N(C)C. The molecule has 0 heterocycles. The molecule has 1 aromatic carbocycles. The van der Waals surface area contributed by atoms with Crippen molar-refractivity contribution in [3.63, 3.8) is 0 Å². The molecule has 100 valence electrons. The van der Waals surface area contributed by atoms with Crippen molar-refractivity contribution in [3.05, 3.63) is 34.6 Å². The van der Waals surface area contributed by atoms with E-state index >= 15 is 0 Å². The van der Waals surface area contributed by atoms with Crippen molar-refractivity contribution < 1.29 is 9.18 Å². The molecule has 1 aromatic rings. The maximum atomic E-state index is 12.9. The zero-order valence-electron chi connectivity index (χ0n) is 11.3. The summed E-state index contributed by atoms with van der Waals surface area (Å²) in [5, 5.41) is 0.306. The predicted molar refractivity (Wildman–Crippen MR) is 72.5 cm³/mol. The molecule has 18 heavy (non-hydrogen) atoms. The highest BCUT2D eigenvalue weighted by molar-refractivity contribution is 6.31. The summed E-state index contributed by atoms with van der Waals surface area (Å²) in [6.07, 6.45) is 0.944. The van der Waals surface area contributed by atoms with E-state index in [0.717, 1.165) is 6.42 Å². The van der Waals surface area contributed by atoms with Crippen molar-refractivity contribution in [2.45, 2.75) is 32.2 Å². The average Bonchev–Trinajstić information content (AvgIpc) is 2.31. The molecule has 0 spiro atoms. The molecule has 0 saturated carbocycles. The zero-order valence-corrected chi connectivity index (χ0v) is 12.0. The average molecular weight is 272 g/mol. The van der Waals surface area contributed by atoms with E-state index in [1.165, 1.54) is 12.1 Å². The van der Waals surface area contributed by atoms with Gasteiger partial charge in [-0.2, -0.15) is 0 Å². The highest BCUT2D eigenvalue weighted by atomic mass is 35.5. The second kappa shape index (κ2) is 5.81. The molecular weight excluding hydrogens is 253 g/mol. The molecule has 0 aliphatic carbocycles. The van der Waals surface area contributed by atoms with E-state index in [4.69, 9.17) is 11.6 Å². The maximum Gasteiger partial charge on any atom is 0.157 e. The second-order valence-corrected chi connectivity index (χ2v) is 5.26. The number of nitrogens with zero attached hydrogens (tertiary/aromatic N) is 1. The van der Waals surface area contributed by atoms with Gasteiger partial charge in [-0.3, -0.25) is 9.69 Å². The Labute approximate surface area is 113 Å². The molecule has 4 heteroatoms. The van der Waals surface area contributed by atoms with Crippen LogP contribution in [-0.4, -0.2) is 30.3 Å². The lowest BCUT2D eigenvalue weighted by Gasteiger charge is -2.34. The lowest BCUT2D eigenvalue weighted by molar-refractivity contribution is -0.128. The number of carbonyl (C=O) groups is 1. The molecular formula is C14H19ClFNO. The summed E-state index contributed by atoms with van der Waals surface area (Å²) in [7, 11) is 3.77. The maximum absolute atomic E-state index is 12.9. The van der Waals surface area contributed by atoms with Crippen molar-refractivity contribution in [2.75, 3.05) is 14.1 Å². The monoisotopic (exact) mass is 271 g/mol. The number of benzene rings is 1. The van der Waals surface area contributed by atoms with Crippen LogP contribution in [-0.2, 0) is 11.2 Å². The smallest absolute Gasteiger partial charge is 0.157 e. The summed E-state index contributed by atoms with van der Waals surface area (Å²) >= 11 is 5.94. The van der Waals surface area contributed by atoms with Crippen LogP contribution < -0.4 is 0 Å². The Balaban J connectivity index is 2.93. The van der Waals surface area contributed by atoms with Gasteiger partial charge in [0.1, 0.15) is 5.82 Å². The van der Waals surface area contributed by atoms with Gasteiger partial charge in [-0.05, 0) is 45.1 Å². The van der Waals surface area contributed by atoms with Crippen LogP contribution in [0.2, 0.25) is 5.02 Å². The Morgan fingerprint density at radius 3 is 2.50 bits per heavy atom. The summed E-state index contributed by atoms with van der Waals surface area (Å²) in [6.45, 7) is 3.89. The minimum absolute atomic E-state index is 0.0866. The third-order valence-electron chi connectivity index (χ3n) is 3.64. The number of hydrogen-bond donors (Lipinski definition) is 0. The number of ketones is 1. The Morgan fingerprint density at radius 2 is 2.06 bits per heavy atom. The van der Waals surface area contributed by atoms with Crippen molar-refractivity contribution in [1.82, 2.24) is 4.90 Å². The number of rotatable bonds is 5.